The van der Waals surface area contributed by atoms with Gasteiger partial charge in [0.05, 0.1) is 6.61 Å². The average Bonchev–Trinajstić information content (AvgIpc) is 2.92. The van der Waals surface area contributed by atoms with E-state index in [1.807, 2.05) is 0 Å². The van der Waals surface area contributed by atoms with E-state index in [0.717, 1.165) is 12.8 Å². The number of hydrogen-bond acceptors (Lipinski definition) is 3. The summed E-state index contributed by atoms with van der Waals surface area (Å²) in [6, 6.07) is 1.85. The van der Waals surface area contributed by atoms with Crippen LogP contribution in [0.4, 0.5) is 10.2 Å². The Kier molecular flexibility index (Phi) is 2.14. The second kappa shape index (κ2) is 3.30. The van der Waals surface area contributed by atoms with Crippen LogP contribution in [0.3, 0.4) is 0 Å². The third-order valence-corrected chi connectivity index (χ3v) is 2.06. The third-order valence-electron chi connectivity index (χ3n) is 2.06. The Hall–Kier alpha value is -1.16. The summed E-state index contributed by atoms with van der Waals surface area (Å²) in [5.74, 6) is -0.175. The third kappa shape index (κ3) is 1.78. The van der Waals surface area contributed by atoms with E-state index < -0.39 is 5.82 Å². The van der Waals surface area contributed by atoms with Crippen LogP contribution in [0.15, 0.2) is 12.3 Å². The first kappa shape index (κ1) is 8.44. The van der Waals surface area contributed by atoms with Crippen LogP contribution in [0.25, 0.3) is 0 Å². The molecule has 0 aromatic carbocycles. The van der Waals surface area contributed by atoms with Gasteiger partial charge >= 0.3 is 0 Å². The van der Waals surface area contributed by atoms with Gasteiger partial charge in [-0.25, -0.2) is 9.37 Å². The van der Waals surface area contributed by atoms with Gasteiger partial charge in [-0.2, -0.15) is 0 Å². The fourth-order valence-electron chi connectivity index (χ4n) is 1.13. The maximum Gasteiger partial charge on any atom is 0.170 e. The molecule has 1 fully saturated rings. The summed E-state index contributed by atoms with van der Waals surface area (Å²) in [4.78, 5) is 3.87. The molecule has 0 radical (unpaired) electrons. The normalized spacial score (nSPS) is 15.8. The monoisotopic (exact) mass is 182 g/mol. The molecule has 0 unspecified atom stereocenters. The molecule has 0 aliphatic heterocycles. The molecule has 2 rings (SSSR count). The van der Waals surface area contributed by atoms with Crippen molar-refractivity contribution in [3.8, 4) is 0 Å². The summed E-state index contributed by atoms with van der Waals surface area (Å²) < 4.78 is 13.4. The summed E-state index contributed by atoms with van der Waals surface area (Å²) in [5.41, 5.74) is 0.290. The maximum atomic E-state index is 13.4. The minimum absolute atomic E-state index is 0.258. The molecule has 0 atom stereocenters. The van der Waals surface area contributed by atoms with Crippen LogP contribution in [0.5, 0.6) is 0 Å². The molecule has 4 heteroatoms. The lowest BCUT2D eigenvalue weighted by Crippen LogP contribution is -2.07. The topological polar surface area (TPSA) is 45.2 Å². The lowest BCUT2D eigenvalue weighted by Gasteiger charge is -2.06. The highest BCUT2D eigenvalue weighted by Gasteiger charge is 2.23. The van der Waals surface area contributed by atoms with Gasteiger partial charge in [-0.1, -0.05) is 0 Å². The number of halogens is 1. The molecule has 1 aromatic heterocycles. The van der Waals surface area contributed by atoms with Gasteiger partial charge in [0.25, 0.3) is 0 Å². The fraction of sp³-hybridized carbons (Fsp3) is 0.444. The van der Waals surface area contributed by atoms with Crippen LogP contribution in [0.1, 0.15) is 18.4 Å². The molecule has 3 nitrogen and oxygen atoms in total. The largest absolute Gasteiger partial charge is 0.392 e. The number of nitrogens with one attached hydrogen (secondary N) is 1. The number of rotatable bonds is 3. The molecule has 0 spiro atoms. The highest BCUT2D eigenvalue weighted by atomic mass is 19.1. The number of nitrogens with zero attached hydrogens (tertiary/aromatic N) is 1. The molecule has 2 N–H and O–H groups in total. The summed E-state index contributed by atoms with van der Waals surface area (Å²) in [7, 11) is 0. The van der Waals surface area contributed by atoms with Crippen molar-refractivity contribution >= 4 is 5.82 Å². The van der Waals surface area contributed by atoms with Gasteiger partial charge in [0.2, 0.25) is 0 Å². The van der Waals surface area contributed by atoms with Crippen molar-refractivity contribution in [3.05, 3.63) is 23.6 Å². The quantitative estimate of drug-likeness (QED) is 0.740. The molecule has 1 aliphatic rings. The van der Waals surface area contributed by atoms with Crippen molar-refractivity contribution in [1.82, 2.24) is 4.98 Å². The highest BCUT2D eigenvalue weighted by molar-refractivity contribution is 5.41. The van der Waals surface area contributed by atoms with E-state index in [-0.39, 0.29) is 18.0 Å². The van der Waals surface area contributed by atoms with Gasteiger partial charge in [-0.15, -0.1) is 0 Å². The zero-order valence-electron chi connectivity index (χ0n) is 7.13. The van der Waals surface area contributed by atoms with Gasteiger partial charge < -0.3 is 10.4 Å². The SMILES string of the molecule is OCc1ccnc(NC2CC2)c1F. The first-order valence-electron chi connectivity index (χ1n) is 4.32. The molecule has 0 amide bonds. The Morgan fingerprint density at radius 1 is 1.62 bits per heavy atom. The summed E-state index contributed by atoms with van der Waals surface area (Å²) >= 11 is 0. The van der Waals surface area contributed by atoms with Crippen LogP contribution < -0.4 is 5.32 Å². The van der Waals surface area contributed by atoms with Crippen LogP contribution in [0, 0.1) is 5.82 Å². The molecule has 70 valence electrons. The minimum atomic E-state index is -0.433. The van der Waals surface area contributed by atoms with E-state index in [9.17, 15) is 4.39 Å². The summed E-state index contributed by atoms with van der Waals surface area (Å²) in [5, 5.41) is 11.8. The molecule has 1 heterocycles. The van der Waals surface area contributed by atoms with Gasteiger partial charge in [0.1, 0.15) is 0 Å². The number of pyridine rings is 1. The van der Waals surface area contributed by atoms with E-state index in [4.69, 9.17) is 5.11 Å². The number of hydrogen-bond donors (Lipinski definition) is 2. The van der Waals surface area contributed by atoms with Crippen LogP contribution in [0.2, 0.25) is 0 Å². The summed E-state index contributed by atoms with van der Waals surface area (Å²) in [6.07, 6.45) is 3.65. The molecule has 1 aromatic rings. The van der Waals surface area contributed by atoms with Crippen molar-refractivity contribution in [2.45, 2.75) is 25.5 Å². The Morgan fingerprint density at radius 2 is 2.38 bits per heavy atom. The Bertz CT molecular complexity index is 312. The first-order valence-corrected chi connectivity index (χ1v) is 4.32. The zero-order chi connectivity index (χ0) is 9.26. The molecular weight excluding hydrogens is 171 g/mol. The van der Waals surface area contributed by atoms with Crippen LogP contribution >= 0.6 is 0 Å². The van der Waals surface area contributed by atoms with Gasteiger partial charge in [-0.3, -0.25) is 0 Å². The molecule has 0 saturated heterocycles. The van der Waals surface area contributed by atoms with Crippen molar-refractivity contribution < 1.29 is 9.50 Å². The lowest BCUT2D eigenvalue weighted by atomic mass is 10.2. The van der Waals surface area contributed by atoms with E-state index >= 15 is 0 Å². The molecule has 13 heavy (non-hydrogen) atoms. The smallest absolute Gasteiger partial charge is 0.170 e. The molecule has 1 aliphatic carbocycles. The Labute approximate surface area is 75.6 Å². The number of aliphatic hydroxyl groups excluding tert-OH is 1. The van der Waals surface area contributed by atoms with E-state index in [1.54, 1.807) is 0 Å². The highest BCUT2D eigenvalue weighted by Crippen LogP contribution is 2.25. The predicted octanol–water partition coefficient (Wildman–Crippen LogP) is 1.29. The average molecular weight is 182 g/mol. The van der Waals surface area contributed by atoms with Crippen molar-refractivity contribution in [1.29, 1.82) is 0 Å². The molecule has 1 saturated carbocycles. The van der Waals surface area contributed by atoms with Gasteiger partial charge in [0.15, 0.2) is 11.6 Å². The zero-order valence-corrected chi connectivity index (χ0v) is 7.13. The van der Waals surface area contributed by atoms with Gasteiger partial charge in [0, 0.05) is 17.8 Å². The number of aromatic nitrogens is 1. The number of aliphatic hydroxyl groups is 1. The maximum absolute atomic E-state index is 13.4. The standard InChI is InChI=1S/C9H11FN2O/c10-8-6(5-13)3-4-11-9(8)12-7-1-2-7/h3-4,7,13H,1-2,5H2,(H,11,12). The summed E-state index contributed by atoms with van der Waals surface area (Å²) in [6.45, 7) is -0.284. The number of anilines is 1. The van der Waals surface area contributed by atoms with E-state index in [2.05, 4.69) is 10.3 Å². The van der Waals surface area contributed by atoms with E-state index in [1.165, 1.54) is 12.3 Å². The van der Waals surface area contributed by atoms with Gasteiger partial charge in [-0.05, 0) is 18.9 Å². The van der Waals surface area contributed by atoms with Crippen LogP contribution in [-0.4, -0.2) is 16.1 Å². The fourth-order valence-corrected chi connectivity index (χ4v) is 1.13. The van der Waals surface area contributed by atoms with Crippen molar-refractivity contribution in [2.24, 2.45) is 0 Å². The van der Waals surface area contributed by atoms with Crippen molar-refractivity contribution in [2.75, 3.05) is 5.32 Å². The lowest BCUT2D eigenvalue weighted by molar-refractivity contribution is 0.275. The minimum Gasteiger partial charge on any atom is -0.392 e. The Morgan fingerprint density at radius 3 is 3.00 bits per heavy atom. The molecular formula is C9H11FN2O. The second-order valence-electron chi connectivity index (χ2n) is 3.21. The first-order chi connectivity index (χ1) is 6.31. The van der Waals surface area contributed by atoms with E-state index in [0.29, 0.717) is 6.04 Å². The van der Waals surface area contributed by atoms with Crippen molar-refractivity contribution in [3.63, 3.8) is 0 Å². The molecule has 0 bridgehead atoms. The van der Waals surface area contributed by atoms with Crippen LogP contribution in [-0.2, 0) is 6.61 Å². The predicted molar refractivity (Wildman–Crippen MR) is 46.8 cm³/mol. The Balaban J connectivity index is 2.22. The second-order valence-corrected chi connectivity index (χ2v) is 3.21.